The fourth-order valence-electron chi connectivity index (χ4n) is 4.77. The Kier molecular flexibility index (Phi) is 11.0. The minimum absolute atomic E-state index is 0.116. The Balaban J connectivity index is 1.75. The first-order valence-corrected chi connectivity index (χ1v) is 13.8. The number of aromatic amines is 1. The summed E-state index contributed by atoms with van der Waals surface area (Å²) in [5, 5.41) is 5.83. The van der Waals surface area contributed by atoms with Crippen LogP contribution < -0.4 is 10.6 Å². The second-order valence-electron chi connectivity index (χ2n) is 9.90. The highest BCUT2D eigenvalue weighted by Gasteiger charge is 2.17. The topological polar surface area (TPSA) is 69.8 Å². The number of rotatable bonds is 14. The van der Waals surface area contributed by atoms with Crippen molar-refractivity contribution in [3.05, 3.63) is 94.6 Å². The minimum atomic E-state index is -0.809. The van der Waals surface area contributed by atoms with Crippen LogP contribution in [0.25, 0.3) is 6.08 Å². The third-order valence-electron chi connectivity index (χ3n) is 6.88. The molecule has 1 amide bonds. The van der Waals surface area contributed by atoms with Gasteiger partial charge in [-0.15, -0.1) is 0 Å². The van der Waals surface area contributed by atoms with E-state index in [1.54, 1.807) is 12.2 Å². The van der Waals surface area contributed by atoms with Gasteiger partial charge in [0.05, 0.1) is 11.9 Å². The van der Waals surface area contributed by atoms with Crippen LogP contribution in [0.15, 0.2) is 54.9 Å². The number of pyridine rings is 1. The number of unbranched alkanes of at least 4 members (excludes halogenated alkanes) is 2. The number of nitrogens with zero attached hydrogens (tertiary/aromatic N) is 1. The molecule has 2 aromatic heterocycles. The SMILES string of the molecule is C=C(/C=C\c1c(C)[nH]c(CC)c1NC(=O)c1ccc(C(CCC)CCCCC)cc1)Nc1ncc(F)cc1F. The third kappa shape index (κ3) is 8.12. The van der Waals surface area contributed by atoms with Crippen LogP contribution in [0, 0.1) is 18.6 Å². The zero-order valence-corrected chi connectivity index (χ0v) is 23.5. The maximum absolute atomic E-state index is 14.0. The molecule has 0 saturated carbocycles. The predicted molar refractivity (Wildman–Crippen MR) is 157 cm³/mol. The van der Waals surface area contributed by atoms with Crippen LogP contribution >= 0.6 is 0 Å². The van der Waals surface area contributed by atoms with Crippen molar-refractivity contribution < 1.29 is 13.6 Å². The first-order valence-electron chi connectivity index (χ1n) is 13.8. The van der Waals surface area contributed by atoms with E-state index in [2.05, 4.69) is 53.2 Å². The average molecular weight is 535 g/mol. The molecule has 0 fully saturated rings. The number of hydrogen-bond donors (Lipinski definition) is 3. The first kappa shape index (κ1) is 29.8. The Bertz CT molecular complexity index is 1290. The van der Waals surface area contributed by atoms with Crippen LogP contribution in [-0.2, 0) is 6.42 Å². The van der Waals surface area contributed by atoms with Gasteiger partial charge < -0.3 is 15.6 Å². The molecule has 39 heavy (non-hydrogen) atoms. The summed E-state index contributed by atoms with van der Waals surface area (Å²) in [6, 6.07) is 8.74. The molecule has 0 aliphatic carbocycles. The van der Waals surface area contributed by atoms with Gasteiger partial charge in [0.2, 0.25) is 0 Å². The second-order valence-corrected chi connectivity index (χ2v) is 9.90. The highest BCUT2D eigenvalue weighted by Crippen LogP contribution is 2.30. The van der Waals surface area contributed by atoms with Crippen LogP contribution in [-0.4, -0.2) is 15.9 Å². The number of carbonyl (C=O) groups excluding carboxylic acids is 1. The highest BCUT2D eigenvalue weighted by atomic mass is 19.1. The molecular formula is C32H40F2N4O. The number of aromatic nitrogens is 2. The van der Waals surface area contributed by atoms with Crippen molar-refractivity contribution in [2.75, 3.05) is 10.6 Å². The van der Waals surface area contributed by atoms with E-state index in [-0.39, 0.29) is 11.7 Å². The van der Waals surface area contributed by atoms with Crippen LogP contribution in [0.5, 0.6) is 0 Å². The van der Waals surface area contributed by atoms with Crippen molar-refractivity contribution in [1.29, 1.82) is 0 Å². The van der Waals surface area contributed by atoms with Gasteiger partial charge in [-0.2, -0.15) is 0 Å². The lowest BCUT2D eigenvalue weighted by Crippen LogP contribution is -2.13. The Hall–Kier alpha value is -3.74. The lowest BCUT2D eigenvalue weighted by atomic mass is 9.89. The molecule has 1 unspecified atom stereocenters. The summed E-state index contributed by atoms with van der Waals surface area (Å²) in [5.74, 6) is -1.34. The van der Waals surface area contributed by atoms with E-state index in [0.29, 0.717) is 29.3 Å². The van der Waals surface area contributed by atoms with Crippen molar-refractivity contribution in [3.63, 3.8) is 0 Å². The Morgan fingerprint density at radius 1 is 1.08 bits per heavy atom. The second kappa shape index (κ2) is 14.4. The monoisotopic (exact) mass is 534 g/mol. The summed E-state index contributed by atoms with van der Waals surface area (Å²) < 4.78 is 27.1. The molecule has 3 aromatic rings. The van der Waals surface area contributed by atoms with Gasteiger partial charge in [-0.05, 0) is 62.0 Å². The fourth-order valence-corrected chi connectivity index (χ4v) is 4.77. The van der Waals surface area contributed by atoms with Crippen molar-refractivity contribution in [2.24, 2.45) is 0 Å². The fraction of sp³-hybridized carbons (Fsp3) is 0.375. The van der Waals surface area contributed by atoms with Crippen molar-refractivity contribution in [1.82, 2.24) is 9.97 Å². The summed E-state index contributed by atoms with van der Waals surface area (Å²) in [4.78, 5) is 20.3. The predicted octanol–water partition coefficient (Wildman–Crippen LogP) is 8.91. The molecule has 2 heterocycles. The number of carbonyl (C=O) groups is 1. The maximum atomic E-state index is 14.0. The number of allylic oxidation sites excluding steroid dienone is 1. The van der Waals surface area contributed by atoms with Crippen molar-refractivity contribution in [3.8, 4) is 0 Å². The lowest BCUT2D eigenvalue weighted by molar-refractivity contribution is 0.102. The molecule has 0 spiro atoms. The third-order valence-corrected chi connectivity index (χ3v) is 6.88. The van der Waals surface area contributed by atoms with Gasteiger partial charge in [0, 0.05) is 34.3 Å². The molecular weight excluding hydrogens is 494 g/mol. The largest absolute Gasteiger partial charge is 0.360 e. The van der Waals surface area contributed by atoms with Gasteiger partial charge >= 0.3 is 0 Å². The Labute approximate surface area is 230 Å². The zero-order chi connectivity index (χ0) is 28.4. The molecule has 1 atom stereocenters. The number of nitrogens with one attached hydrogen (secondary N) is 3. The molecule has 5 nitrogen and oxygen atoms in total. The maximum Gasteiger partial charge on any atom is 0.255 e. The van der Waals surface area contributed by atoms with Crippen LogP contribution in [0.4, 0.5) is 20.3 Å². The minimum Gasteiger partial charge on any atom is -0.360 e. The summed E-state index contributed by atoms with van der Waals surface area (Å²) in [5.41, 5.74) is 5.53. The standard InChI is InChI=1S/C32H40F2N4O/c1-6-9-10-12-23(11-7-2)24-14-16-25(17-15-24)32(39)38-30-27(22(5)37-29(30)8-3)18-13-21(4)36-31-28(34)19-26(33)20-35-31/h13-20,23,37H,4,6-12H2,1-3,5H3,(H,35,36)(H,38,39)/b18-13-. The number of H-pyrrole nitrogens is 1. The first-order chi connectivity index (χ1) is 18.8. The molecule has 0 aliphatic heterocycles. The zero-order valence-electron chi connectivity index (χ0n) is 23.5. The molecule has 0 aliphatic rings. The number of halogens is 2. The molecule has 0 radical (unpaired) electrons. The summed E-state index contributed by atoms with van der Waals surface area (Å²) in [7, 11) is 0. The normalized spacial score (nSPS) is 12.1. The average Bonchev–Trinajstić information content (AvgIpc) is 3.22. The highest BCUT2D eigenvalue weighted by molar-refractivity contribution is 6.06. The van der Waals surface area contributed by atoms with Gasteiger partial charge in [0.1, 0.15) is 5.82 Å². The molecule has 208 valence electrons. The van der Waals surface area contributed by atoms with Gasteiger partial charge in [0.25, 0.3) is 5.91 Å². The Morgan fingerprint density at radius 2 is 1.82 bits per heavy atom. The summed E-state index contributed by atoms with van der Waals surface area (Å²) >= 11 is 0. The van der Waals surface area contributed by atoms with E-state index < -0.39 is 11.6 Å². The molecule has 7 heteroatoms. The Morgan fingerprint density at radius 3 is 2.46 bits per heavy atom. The van der Waals surface area contributed by atoms with Crippen LogP contribution in [0.3, 0.4) is 0 Å². The van der Waals surface area contributed by atoms with E-state index in [0.717, 1.165) is 42.1 Å². The van der Waals surface area contributed by atoms with E-state index in [4.69, 9.17) is 0 Å². The lowest BCUT2D eigenvalue weighted by Gasteiger charge is -2.17. The van der Waals surface area contributed by atoms with E-state index in [1.807, 2.05) is 26.0 Å². The van der Waals surface area contributed by atoms with Gasteiger partial charge in [-0.25, -0.2) is 13.8 Å². The smallest absolute Gasteiger partial charge is 0.255 e. The molecule has 3 N–H and O–H groups in total. The van der Waals surface area contributed by atoms with Gasteiger partial charge in [-0.3, -0.25) is 4.79 Å². The van der Waals surface area contributed by atoms with E-state index in [9.17, 15) is 13.6 Å². The van der Waals surface area contributed by atoms with Crippen LogP contribution in [0.2, 0.25) is 0 Å². The summed E-state index contributed by atoms with van der Waals surface area (Å²) in [6.45, 7) is 12.3. The van der Waals surface area contributed by atoms with Crippen LogP contribution in [0.1, 0.15) is 98.1 Å². The van der Waals surface area contributed by atoms with Gasteiger partial charge in [0.15, 0.2) is 11.6 Å². The number of benzene rings is 1. The number of hydrogen-bond acceptors (Lipinski definition) is 3. The number of aryl methyl sites for hydroxylation is 2. The van der Waals surface area contributed by atoms with E-state index >= 15 is 0 Å². The molecule has 0 saturated heterocycles. The number of amides is 1. The molecule has 0 bridgehead atoms. The quantitative estimate of drug-likeness (QED) is 0.143. The number of anilines is 2. The van der Waals surface area contributed by atoms with Crippen molar-refractivity contribution in [2.45, 2.75) is 78.6 Å². The van der Waals surface area contributed by atoms with Gasteiger partial charge in [-0.1, -0.05) is 65.2 Å². The van der Waals surface area contributed by atoms with E-state index in [1.165, 1.54) is 31.2 Å². The summed E-state index contributed by atoms with van der Waals surface area (Å²) in [6.07, 6.45) is 12.2. The molecule has 3 rings (SSSR count). The van der Waals surface area contributed by atoms with Crippen molar-refractivity contribution >= 4 is 23.5 Å². The molecule has 1 aromatic carbocycles.